The van der Waals surface area contributed by atoms with Crippen molar-refractivity contribution in [1.82, 2.24) is 4.98 Å². The molecule has 0 aliphatic rings. The van der Waals surface area contributed by atoms with Crippen molar-refractivity contribution in [2.24, 2.45) is 0 Å². The Morgan fingerprint density at radius 1 is 1.08 bits per heavy atom. The minimum Gasteiger partial charge on any atom is -0.507 e. The third kappa shape index (κ3) is 4.30. The van der Waals surface area contributed by atoms with Crippen LogP contribution in [0, 0.1) is 5.82 Å². The molecular formula is C21H28FNO2. The highest BCUT2D eigenvalue weighted by molar-refractivity contribution is 5.94. The number of benzene rings is 1. The molecule has 0 amide bonds. The highest BCUT2D eigenvalue weighted by Crippen LogP contribution is 2.40. The number of ketones is 1. The number of hydrogen-bond acceptors (Lipinski definition) is 2. The number of carbonyl (C=O) groups excluding carboxylic acids is 1. The van der Waals surface area contributed by atoms with Gasteiger partial charge < -0.3 is 10.1 Å². The molecule has 0 saturated carbocycles. The molecule has 1 heterocycles. The van der Waals surface area contributed by atoms with Crippen molar-refractivity contribution in [3.05, 3.63) is 52.6 Å². The third-order valence-corrected chi connectivity index (χ3v) is 4.40. The highest BCUT2D eigenvalue weighted by atomic mass is 19.1. The number of nitrogens with one attached hydrogen (secondary N) is 1. The molecule has 0 radical (unpaired) electrons. The molecule has 25 heavy (non-hydrogen) atoms. The first-order chi connectivity index (χ1) is 11.4. The van der Waals surface area contributed by atoms with Gasteiger partial charge in [0.1, 0.15) is 11.4 Å². The summed E-state index contributed by atoms with van der Waals surface area (Å²) in [6, 6.07) is 5.18. The van der Waals surface area contributed by atoms with E-state index in [0.29, 0.717) is 12.2 Å². The van der Waals surface area contributed by atoms with Crippen molar-refractivity contribution in [1.29, 1.82) is 0 Å². The monoisotopic (exact) mass is 345 g/mol. The Balaban J connectivity index is 2.35. The Morgan fingerprint density at radius 2 is 1.60 bits per heavy atom. The molecule has 1 aromatic heterocycles. The number of rotatable bonds is 4. The first-order valence-corrected chi connectivity index (χ1v) is 8.64. The van der Waals surface area contributed by atoms with Gasteiger partial charge in [-0.15, -0.1) is 0 Å². The van der Waals surface area contributed by atoms with E-state index >= 15 is 0 Å². The van der Waals surface area contributed by atoms with Crippen LogP contribution >= 0.6 is 0 Å². The molecule has 0 unspecified atom stereocenters. The molecule has 2 N–H and O–H groups in total. The standard InChI is InChI=1S/C21H28FNO2/c1-20(2,3)14-11-13(12-15(19(14)25)21(4,5)6)7-8-17(24)18-16(22)9-10-23-18/h9-12,23,25H,7-8H2,1-6H3. The summed E-state index contributed by atoms with van der Waals surface area (Å²) >= 11 is 0. The van der Waals surface area contributed by atoms with Crippen LogP contribution in [-0.4, -0.2) is 15.9 Å². The molecular weight excluding hydrogens is 317 g/mol. The van der Waals surface area contributed by atoms with E-state index in [9.17, 15) is 14.3 Å². The number of phenols is 1. The lowest BCUT2D eigenvalue weighted by Gasteiger charge is -2.28. The molecule has 0 aliphatic carbocycles. The lowest BCUT2D eigenvalue weighted by Crippen LogP contribution is -2.18. The van der Waals surface area contributed by atoms with E-state index in [1.54, 1.807) is 0 Å². The molecule has 2 aromatic rings. The van der Waals surface area contributed by atoms with Gasteiger partial charge in [-0.25, -0.2) is 4.39 Å². The zero-order valence-electron chi connectivity index (χ0n) is 16.0. The van der Waals surface area contributed by atoms with Crippen LogP contribution in [-0.2, 0) is 17.3 Å². The second-order valence-electron chi connectivity index (χ2n) is 8.66. The molecule has 3 nitrogen and oxygen atoms in total. The zero-order chi connectivity index (χ0) is 19.0. The van der Waals surface area contributed by atoms with Crippen molar-refractivity contribution < 1.29 is 14.3 Å². The van der Waals surface area contributed by atoms with Crippen LogP contribution in [0.3, 0.4) is 0 Å². The van der Waals surface area contributed by atoms with Crippen molar-refractivity contribution in [2.45, 2.75) is 65.2 Å². The quantitative estimate of drug-likeness (QED) is 0.742. The third-order valence-electron chi connectivity index (χ3n) is 4.40. The topological polar surface area (TPSA) is 53.1 Å². The number of aromatic nitrogens is 1. The first-order valence-electron chi connectivity index (χ1n) is 8.64. The van der Waals surface area contributed by atoms with Gasteiger partial charge in [0.05, 0.1) is 0 Å². The SMILES string of the molecule is CC(C)(C)c1cc(CCC(=O)c2[nH]ccc2F)cc(C(C)(C)C)c1O. The molecule has 2 rings (SSSR count). The molecule has 0 bridgehead atoms. The Bertz CT molecular complexity index is 741. The number of hydrogen-bond donors (Lipinski definition) is 2. The maximum Gasteiger partial charge on any atom is 0.182 e. The Labute approximate surface area is 149 Å². The summed E-state index contributed by atoms with van der Waals surface area (Å²) in [6.45, 7) is 12.3. The molecule has 0 atom stereocenters. The predicted molar refractivity (Wildman–Crippen MR) is 98.9 cm³/mol. The minimum absolute atomic E-state index is 0.0332. The molecule has 0 aliphatic heterocycles. The first kappa shape index (κ1) is 19.2. The van der Waals surface area contributed by atoms with Gasteiger partial charge in [0.15, 0.2) is 11.6 Å². The van der Waals surface area contributed by atoms with Crippen molar-refractivity contribution >= 4 is 5.78 Å². The van der Waals surface area contributed by atoms with E-state index in [-0.39, 0.29) is 28.7 Å². The minimum atomic E-state index is -0.513. The van der Waals surface area contributed by atoms with Gasteiger partial charge in [-0.1, -0.05) is 53.7 Å². The van der Waals surface area contributed by atoms with Gasteiger partial charge in [0.2, 0.25) is 0 Å². The number of carbonyl (C=O) groups is 1. The number of aromatic amines is 1. The van der Waals surface area contributed by atoms with Gasteiger partial charge in [0.25, 0.3) is 0 Å². The second-order valence-corrected chi connectivity index (χ2v) is 8.66. The Hall–Kier alpha value is -2.10. The smallest absolute Gasteiger partial charge is 0.182 e. The molecule has 0 saturated heterocycles. The van der Waals surface area contributed by atoms with E-state index in [1.807, 2.05) is 12.1 Å². The number of aromatic hydroxyl groups is 1. The maximum atomic E-state index is 13.5. The van der Waals surface area contributed by atoms with E-state index < -0.39 is 5.82 Å². The highest BCUT2D eigenvalue weighted by Gasteiger charge is 2.26. The van der Waals surface area contributed by atoms with Crippen LogP contribution in [0.5, 0.6) is 5.75 Å². The summed E-state index contributed by atoms with van der Waals surface area (Å²) in [6.07, 6.45) is 2.15. The Kier molecular flexibility index (Phi) is 5.12. The fourth-order valence-electron chi connectivity index (χ4n) is 2.93. The van der Waals surface area contributed by atoms with E-state index in [1.165, 1.54) is 12.3 Å². The fourth-order valence-corrected chi connectivity index (χ4v) is 2.93. The van der Waals surface area contributed by atoms with Crippen LogP contribution < -0.4 is 0 Å². The lowest BCUT2D eigenvalue weighted by molar-refractivity contribution is 0.0974. The van der Waals surface area contributed by atoms with Gasteiger partial charge in [-0.3, -0.25) is 4.79 Å². The normalized spacial score (nSPS) is 12.4. The maximum absolute atomic E-state index is 13.5. The second kappa shape index (κ2) is 6.66. The summed E-state index contributed by atoms with van der Waals surface area (Å²) < 4.78 is 13.5. The molecule has 4 heteroatoms. The van der Waals surface area contributed by atoms with Crippen LogP contribution in [0.2, 0.25) is 0 Å². The van der Waals surface area contributed by atoms with Crippen molar-refractivity contribution in [3.63, 3.8) is 0 Å². The average molecular weight is 345 g/mol. The summed E-state index contributed by atoms with van der Waals surface area (Å²) in [5, 5.41) is 10.7. The van der Waals surface area contributed by atoms with Gasteiger partial charge in [0, 0.05) is 12.6 Å². The molecule has 0 spiro atoms. The predicted octanol–water partition coefficient (Wildman–Crippen LogP) is 5.27. The molecule has 1 aromatic carbocycles. The van der Waals surface area contributed by atoms with E-state index in [0.717, 1.165) is 16.7 Å². The number of H-pyrrole nitrogens is 1. The van der Waals surface area contributed by atoms with Gasteiger partial charge in [-0.05, 0) is 40.0 Å². The van der Waals surface area contributed by atoms with Crippen LogP contribution in [0.25, 0.3) is 0 Å². The van der Waals surface area contributed by atoms with Crippen LogP contribution in [0.4, 0.5) is 4.39 Å². The van der Waals surface area contributed by atoms with Gasteiger partial charge in [-0.2, -0.15) is 0 Å². The van der Waals surface area contributed by atoms with Crippen molar-refractivity contribution in [2.75, 3.05) is 0 Å². The number of aryl methyl sites for hydroxylation is 1. The van der Waals surface area contributed by atoms with Crippen molar-refractivity contribution in [3.8, 4) is 5.75 Å². The summed E-state index contributed by atoms with van der Waals surface area (Å²) in [4.78, 5) is 14.9. The van der Waals surface area contributed by atoms with E-state index in [4.69, 9.17) is 0 Å². The average Bonchev–Trinajstić information content (AvgIpc) is 2.89. The summed E-state index contributed by atoms with van der Waals surface area (Å²) in [7, 11) is 0. The summed E-state index contributed by atoms with van der Waals surface area (Å²) in [5.74, 6) is -0.433. The van der Waals surface area contributed by atoms with Gasteiger partial charge >= 0.3 is 0 Å². The lowest BCUT2D eigenvalue weighted by atomic mass is 9.78. The number of halogens is 1. The number of Topliss-reactive ketones (excluding diaryl/α,β-unsaturated/α-hetero) is 1. The Morgan fingerprint density at radius 3 is 2.00 bits per heavy atom. The largest absolute Gasteiger partial charge is 0.507 e. The number of phenolic OH excluding ortho intramolecular Hbond substituents is 1. The summed E-state index contributed by atoms with van der Waals surface area (Å²) in [5.41, 5.74) is 2.33. The molecule has 136 valence electrons. The van der Waals surface area contributed by atoms with E-state index in [2.05, 4.69) is 46.5 Å². The van der Waals surface area contributed by atoms with Crippen LogP contribution in [0.1, 0.15) is 75.1 Å². The zero-order valence-corrected chi connectivity index (χ0v) is 16.0. The van der Waals surface area contributed by atoms with Crippen LogP contribution in [0.15, 0.2) is 24.4 Å². The molecule has 0 fully saturated rings. The fraction of sp³-hybridized carbons (Fsp3) is 0.476.